The summed E-state index contributed by atoms with van der Waals surface area (Å²) >= 11 is 4.82. The van der Waals surface area contributed by atoms with Gasteiger partial charge in [-0.15, -0.1) is 0 Å². The number of benzene rings is 1. The summed E-state index contributed by atoms with van der Waals surface area (Å²) in [6.07, 6.45) is 1.49. The fourth-order valence-corrected chi connectivity index (χ4v) is 2.28. The minimum atomic E-state index is -0.479. The van der Waals surface area contributed by atoms with E-state index in [-0.39, 0.29) is 16.2 Å². The van der Waals surface area contributed by atoms with Gasteiger partial charge in [0.25, 0.3) is 5.69 Å². The number of nitriles is 1. The van der Waals surface area contributed by atoms with Gasteiger partial charge in [0.15, 0.2) is 0 Å². The topological polar surface area (TPSA) is 105 Å². The average molecular weight is 318 g/mol. The van der Waals surface area contributed by atoms with Crippen LogP contribution in [0.4, 0.5) is 11.4 Å². The van der Waals surface area contributed by atoms with Gasteiger partial charge in [-0.1, -0.05) is 12.2 Å². The Hall–Kier alpha value is -2.50. The zero-order chi connectivity index (χ0) is 16.1. The summed E-state index contributed by atoms with van der Waals surface area (Å²) in [5.74, 6) is 0. The zero-order valence-corrected chi connectivity index (χ0v) is 12.5. The number of thiocarbonyl (C=S) groups is 1. The zero-order valence-electron chi connectivity index (χ0n) is 11.7. The molecule has 1 heterocycles. The molecule has 0 aromatic heterocycles. The molecule has 0 radical (unpaired) electrons. The van der Waals surface area contributed by atoms with Crippen molar-refractivity contribution in [3.8, 4) is 6.07 Å². The summed E-state index contributed by atoms with van der Waals surface area (Å²) in [6.45, 7) is 2.52. The number of anilines is 1. The number of hydrogen-bond donors (Lipinski definition) is 1. The van der Waals surface area contributed by atoms with Crippen molar-refractivity contribution in [3.05, 3.63) is 39.4 Å². The van der Waals surface area contributed by atoms with Crippen LogP contribution >= 0.6 is 12.2 Å². The van der Waals surface area contributed by atoms with Gasteiger partial charge in [-0.05, 0) is 12.1 Å². The van der Waals surface area contributed by atoms with Gasteiger partial charge in [-0.2, -0.15) is 5.26 Å². The Kier molecular flexibility index (Phi) is 5.04. The van der Waals surface area contributed by atoms with E-state index in [0.29, 0.717) is 31.9 Å². The molecule has 0 unspecified atom stereocenters. The SMILES string of the molecule is N#C/C(=C/c1cc([N+](=O)[O-])ccc1N1CCOCC1)C(N)=S. The van der Waals surface area contributed by atoms with Gasteiger partial charge in [0.05, 0.1) is 23.7 Å². The number of nitro groups is 1. The molecule has 0 saturated carbocycles. The van der Waals surface area contributed by atoms with Crippen LogP contribution in [0, 0.1) is 21.4 Å². The van der Waals surface area contributed by atoms with Crippen molar-refractivity contribution >= 4 is 34.7 Å². The van der Waals surface area contributed by atoms with Crippen molar-refractivity contribution in [2.24, 2.45) is 5.73 Å². The van der Waals surface area contributed by atoms with Crippen molar-refractivity contribution in [3.63, 3.8) is 0 Å². The van der Waals surface area contributed by atoms with Crippen LogP contribution in [0.3, 0.4) is 0 Å². The van der Waals surface area contributed by atoms with Crippen molar-refractivity contribution in [1.82, 2.24) is 0 Å². The third-order valence-corrected chi connectivity index (χ3v) is 3.48. The summed E-state index contributed by atoms with van der Waals surface area (Å²) in [7, 11) is 0. The highest BCUT2D eigenvalue weighted by molar-refractivity contribution is 7.80. The molecule has 1 aliphatic rings. The molecule has 0 amide bonds. The maximum atomic E-state index is 11.0. The van der Waals surface area contributed by atoms with Crippen LogP contribution in [0.25, 0.3) is 6.08 Å². The van der Waals surface area contributed by atoms with Gasteiger partial charge < -0.3 is 15.4 Å². The van der Waals surface area contributed by atoms with Crippen LogP contribution in [0.2, 0.25) is 0 Å². The highest BCUT2D eigenvalue weighted by Crippen LogP contribution is 2.28. The van der Waals surface area contributed by atoms with Gasteiger partial charge in [-0.3, -0.25) is 10.1 Å². The molecule has 1 aromatic carbocycles. The van der Waals surface area contributed by atoms with E-state index in [9.17, 15) is 10.1 Å². The number of nitrogens with two attached hydrogens (primary N) is 1. The highest BCUT2D eigenvalue weighted by Gasteiger charge is 2.17. The molecule has 114 valence electrons. The Labute approximate surface area is 132 Å². The Morgan fingerprint density at radius 1 is 1.50 bits per heavy atom. The second-order valence-corrected chi connectivity index (χ2v) is 5.07. The van der Waals surface area contributed by atoms with Crippen LogP contribution < -0.4 is 10.6 Å². The van der Waals surface area contributed by atoms with Crippen LogP contribution in [0.5, 0.6) is 0 Å². The van der Waals surface area contributed by atoms with Gasteiger partial charge in [0, 0.05) is 36.5 Å². The smallest absolute Gasteiger partial charge is 0.270 e. The minimum Gasteiger partial charge on any atom is -0.389 e. The third kappa shape index (κ3) is 3.58. The highest BCUT2D eigenvalue weighted by atomic mass is 32.1. The van der Waals surface area contributed by atoms with Crippen molar-refractivity contribution in [1.29, 1.82) is 5.26 Å². The number of non-ortho nitro benzene ring substituents is 1. The monoisotopic (exact) mass is 318 g/mol. The standard InChI is InChI=1S/C14H14N4O3S/c15-9-11(14(16)22)7-10-8-12(18(19)20)1-2-13(10)17-3-5-21-6-4-17/h1-2,7-8H,3-6H2,(H2,16,22)/b11-7-. The fourth-order valence-electron chi connectivity index (χ4n) is 2.18. The lowest BCUT2D eigenvalue weighted by molar-refractivity contribution is -0.384. The first-order valence-electron chi connectivity index (χ1n) is 6.55. The van der Waals surface area contributed by atoms with Crippen molar-refractivity contribution in [2.45, 2.75) is 0 Å². The van der Waals surface area contributed by atoms with Crippen molar-refractivity contribution in [2.75, 3.05) is 31.2 Å². The Morgan fingerprint density at radius 2 is 2.18 bits per heavy atom. The van der Waals surface area contributed by atoms with Gasteiger partial charge >= 0.3 is 0 Å². The molecule has 2 N–H and O–H groups in total. The summed E-state index contributed by atoms with van der Waals surface area (Å²) in [6, 6.07) is 6.44. The maximum Gasteiger partial charge on any atom is 0.270 e. The molecule has 1 saturated heterocycles. The molecule has 1 aliphatic heterocycles. The second-order valence-electron chi connectivity index (χ2n) is 4.63. The van der Waals surface area contributed by atoms with Crippen LogP contribution in [-0.2, 0) is 4.74 Å². The predicted octanol–water partition coefficient (Wildman–Crippen LogP) is 1.62. The number of ether oxygens (including phenoxy) is 1. The van der Waals surface area contributed by atoms with Crippen molar-refractivity contribution < 1.29 is 9.66 Å². The summed E-state index contributed by atoms with van der Waals surface area (Å²) in [5.41, 5.74) is 6.89. The van der Waals surface area contributed by atoms with E-state index in [1.807, 2.05) is 11.0 Å². The largest absolute Gasteiger partial charge is 0.389 e. The molecular formula is C14H14N4O3S. The molecule has 0 aliphatic carbocycles. The summed E-state index contributed by atoms with van der Waals surface area (Å²) < 4.78 is 5.31. The van der Waals surface area contributed by atoms with E-state index in [2.05, 4.69) is 0 Å². The van der Waals surface area contributed by atoms with Gasteiger partial charge in [-0.25, -0.2) is 0 Å². The lowest BCUT2D eigenvalue weighted by Crippen LogP contribution is -2.36. The lowest BCUT2D eigenvalue weighted by atomic mass is 10.1. The van der Waals surface area contributed by atoms with Gasteiger partial charge in [0.1, 0.15) is 11.1 Å². The number of rotatable bonds is 4. The number of nitrogens with zero attached hydrogens (tertiary/aromatic N) is 3. The number of nitro benzene ring substituents is 1. The third-order valence-electron chi connectivity index (χ3n) is 3.26. The normalized spacial score (nSPS) is 15.2. The van der Waals surface area contributed by atoms with E-state index in [4.69, 9.17) is 28.0 Å². The summed E-state index contributed by atoms with van der Waals surface area (Å²) in [4.78, 5) is 12.5. The molecule has 2 rings (SSSR count). The Bertz CT molecular complexity index is 675. The number of morpholine rings is 1. The molecule has 0 bridgehead atoms. The first-order valence-corrected chi connectivity index (χ1v) is 6.96. The van der Waals surface area contributed by atoms with E-state index in [0.717, 1.165) is 5.69 Å². The molecule has 0 spiro atoms. The Balaban J connectivity index is 2.51. The molecule has 0 atom stereocenters. The first-order chi connectivity index (χ1) is 10.5. The first kappa shape index (κ1) is 15.9. The molecule has 8 heteroatoms. The maximum absolute atomic E-state index is 11.0. The van der Waals surface area contributed by atoms with E-state index in [1.54, 1.807) is 6.07 Å². The molecule has 1 fully saturated rings. The van der Waals surface area contributed by atoms with Crippen LogP contribution in [0.15, 0.2) is 23.8 Å². The molecular weight excluding hydrogens is 304 g/mol. The summed E-state index contributed by atoms with van der Waals surface area (Å²) in [5, 5.41) is 20.0. The van der Waals surface area contributed by atoms with Crippen LogP contribution in [0.1, 0.15) is 5.56 Å². The fraction of sp³-hybridized carbons (Fsp3) is 0.286. The lowest BCUT2D eigenvalue weighted by Gasteiger charge is -2.30. The average Bonchev–Trinajstić information content (AvgIpc) is 2.52. The van der Waals surface area contributed by atoms with Crippen LogP contribution in [-0.4, -0.2) is 36.2 Å². The molecule has 22 heavy (non-hydrogen) atoms. The second kappa shape index (κ2) is 6.98. The van der Waals surface area contributed by atoms with E-state index < -0.39 is 4.92 Å². The quantitative estimate of drug-likeness (QED) is 0.296. The molecule has 7 nitrogen and oxygen atoms in total. The Morgan fingerprint density at radius 3 is 2.73 bits per heavy atom. The van der Waals surface area contributed by atoms with E-state index in [1.165, 1.54) is 18.2 Å². The van der Waals surface area contributed by atoms with Gasteiger partial charge in [0.2, 0.25) is 0 Å². The molecule has 1 aromatic rings. The van der Waals surface area contributed by atoms with E-state index >= 15 is 0 Å². The predicted molar refractivity (Wildman–Crippen MR) is 86.5 cm³/mol. The minimum absolute atomic E-state index is 0.0399. The number of hydrogen-bond acceptors (Lipinski definition) is 6.